The van der Waals surface area contributed by atoms with Crippen LogP contribution in [-0.2, 0) is 10.0 Å². The lowest BCUT2D eigenvalue weighted by Gasteiger charge is -2.39. The van der Waals surface area contributed by atoms with E-state index in [2.05, 4.69) is 55.8 Å². The number of H-pyrrole nitrogens is 1. The number of aromatic amines is 1. The van der Waals surface area contributed by atoms with Crippen molar-refractivity contribution >= 4 is 71.8 Å². The zero-order chi connectivity index (χ0) is 44.5. The van der Waals surface area contributed by atoms with Crippen LogP contribution in [0.1, 0.15) is 61.9 Å². The third-order valence-electron chi connectivity index (χ3n) is 12.3. The first kappa shape index (κ1) is 44.4. The molecule has 18 heteroatoms. The van der Waals surface area contributed by atoms with Gasteiger partial charge < -0.3 is 19.9 Å². The Balaban J connectivity index is 0.993. The molecule has 0 atom stereocenters. The van der Waals surface area contributed by atoms with Crippen molar-refractivity contribution in [3.63, 3.8) is 0 Å². The summed E-state index contributed by atoms with van der Waals surface area (Å²) < 4.78 is 55.7. The van der Waals surface area contributed by atoms with Gasteiger partial charge in [0.1, 0.15) is 22.8 Å². The number of nitro groups is 1. The Morgan fingerprint density at radius 3 is 2.51 bits per heavy atom. The third-order valence-corrected chi connectivity index (χ3v) is 15.7. The van der Waals surface area contributed by atoms with E-state index in [9.17, 15) is 32.4 Å². The number of sulfonamides is 1. The Hall–Kier alpha value is -5.17. The van der Waals surface area contributed by atoms with Crippen LogP contribution in [0.25, 0.3) is 16.6 Å². The van der Waals surface area contributed by atoms with Crippen molar-refractivity contribution in [3.8, 4) is 11.5 Å². The van der Waals surface area contributed by atoms with Gasteiger partial charge in [0.05, 0.1) is 21.6 Å². The first-order valence-corrected chi connectivity index (χ1v) is 24.8. The van der Waals surface area contributed by atoms with Crippen molar-refractivity contribution in [3.05, 3.63) is 117 Å². The number of piperazine rings is 1. The highest BCUT2D eigenvalue weighted by Gasteiger charge is 2.31. The average molecular weight is 919 g/mol. The maximum absolute atomic E-state index is 13.9. The van der Waals surface area contributed by atoms with E-state index in [4.69, 9.17) is 16.3 Å². The van der Waals surface area contributed by atoms with Gasteiger partial charge in [-0.2, -0.15) is 10.6 Å². The predicted molar refractivity (Wildman–Crippen MR) is 249 cm³/mol. The largest absolute Gasteiger partial charge is 0.455 e. The second-order valence-corrected chi connectivity index (χ2v) is 22.0. The number of aromatic nitrogens is 2. The van der Waals surface area contributed by atoms with E-state index >= 15 is 0 Å². The molecule has 1 amide bonds. The fourth-order valence-corrected chi connectivity index (χ4v) is 11.3. The number of fused-ring (bicyclic) bond motifs is 1. The molecule has 4 heterocycles. The van der Waals surface area contributed by atoms with Crippen LogP contribution in [0.4, 0.5) is 17.1 Å². The van der Waals surface area contributed by atoms with Crippen molar-refractivity contribution in [1.29, 1.82) is 0 Å². The molecule has 2 aromatic heterocycles. The molecule has 0 spiro atoms. The van der Waals surface area contributed by atoms with Crippen molar-refractivity contribution in [2.45, 2.75) is 50.8 Å². The van der Waals surface area contributed by atoms with E-state index in [1.807, 2.05) is 18.2 Å². The van der Waals surface area contributed by atoms with E-state index in [1.165, 1.54) is 41.1 Å². The molecule has 3 aliphatic rings. The van der Waals surface area contributed by atoms with Crippen molar-refractivity contribution in [2.24, 2.45) is 11.3 Å². The van der Waals surface area contributed by atoms with Crippen LogP contribution >= 0.6 is 22.2 Å². The summed E-state index contributed by atoms with van der Waals surface area (Å²) >= 11 is 6.24. The lowest BCUT2D eigenvalue weighted by molar-refractivity contribution is -0.384. The quantitative estimate of drug-likeness (QED) is 0.0554. The van der Waals surface area contributed by atoms with Crippen molar-refractivity contribution in [2.75, 3.05) is 61.0 Å². The summed E-state index contributed by atoms with van der Waals surface area (Å²) in [6.45, 7) is 8.90. The minimum Gasteiger partial charge on any atom is -0.455 e. The summed E-state index contributed by atoms with van der Waals surface area (Å²) in [4.78, 5) is 37.0. The van der Waals surface area contributed by atoms with E-state index in [-0.39, 0.29) is 39.8 Å². The molecule has 5 N–H and O–H groups in total. The highest BCUT2D eigenvalue weighted by atomic mass is 35.5. The van der Waals surface area contributed by atoms with Gasteiger partial charge in [-0.1, -0.05) is 43.2 Å². The van der Waals surface area contributed by atoms with Gasteiger partial charge in [-0.3, -0.25) is 28.9 Å². The standard InChI is InChI=1S/C45H52ClN7O8S2/c1-45(2)15-11-33(39(26-45)31-3-5-34(46)6-4-31)29-51-17-19-52(20-18-51)35-7-9-38(42(24-35)61-36-23-32-12-16-47-43(32)49-28-36)44(54)50-63(59,60)37-8-10-40(41(25-37)53(55)56)48-27-30-13-21-62(57,58)22-14-30/h3-10,12,16,23-25,28,30,48,57-58H,11,13-15,17-22,26-27,29H2,1-2H3,(H,47,49)(H,50,54). The maximum atomic E-state index is 13.9. The number of allylic oxidation sites excluding steroid dienone is 1. The summed E-state index contributed by atoms with van der Waals surface area (Å²) in [6.07, 6.45) is 7.53. The summed E-state index contributed by atoms with van der Waals surface area (Å²) in [6, 6.07) is 20.2. The predicted octanol–water partition coefficient (Wildman–Crippen LogP) is 9.39. The molecule has 0 radical (unpaired) electrons. The number of carbonyl (C=O) groups excluding carboxylic acids is 1. The van der Waals surface area contributed by atoms with E-state index < -0.39 is 42.0 Å². The molecule has 15 nitrogen and oxygen atoms in total. The number of carbonyl (C=O) groups is 1. The smallest absolute Gasteiger partial charge is 0.293 e. The molecule has 1 aliphatic carbocycles. The van der Waals surface area contributed by atoms with Gasteiger partial charge in [-0.15, -0.1) is 0 Å². The number of benzene rings is 3. The van der Waals surface area contributed by atoms with Crippen LogP contribution in [0.2, 0.25) is 5.02 Å². The molecule has 2 aliphatic heterocycles. The number of anilines is 2. The van der Waals surface area contributed by atoms with E-state index in [1.54, 1.807) is 24.4 Å². The zero-order valence-corrected chi connectivity index (χ0v) is 37.6. The summed E-state index contributed by atoms with van der Waals surface area (Å²) in [5, 5.41) is 16.6. The van der Waals surface area contributed by atoms with Gasteiger partial charge in [-0.25, -0.2) is 18.1 Å². The summed E-state index contributed by atoms with van der Waals surface area (Å²) in [5.41, 5.74) is 5.31. The Morgan fingerprint density at radius 1 is 1.03 bits per heavy atom. The van der Waals surface area contributed by atoms with Crippen LogP contribution in [0.15, 0.2) is 95.7 Å². The molecule has 63 heavy (non-hydrogen) atoms. The maximum Gasteiger partial charge on any atom is 0.293 e. The molecule has 8 rings (SSSR count). The molecule has 3 aromatic carbocycles. The number of nitrogens with zero attached hydrogens (tertiary/aromatic N) is 4. The first-order valence-electron chi connectivity index (χ1n) is 21.0. The van der Waals surface area contributed by atoms with Gasteiger partial charge >= 0.3 is 0 Å². The highest BCUT2D eigenvalue weighted by molar-refractivity contribution is 8.24. The number of hydrogen-bond acceptors (Lipinski definition) is 12. The van der Waals surface area contributed by atoms with Crippen LogP contribution in [0.5, 0.6) is 11.5 Å². The van der Waals surface area contributed by atoms with Crippen LogP contribution in [0.3, 0.4) is 0 Å². The Morgan fingerprint density at radius 2 is 1.78 bits per heavy atom. The fourth-order valence-electron chi connectivity index (χ4n) is 8.61. The third kappa shape index (κ3) is 10.6. The second-order valence-electron chi connectivity index (χ2n) is 17.5. The van der Waals surface area contributed by atoms with Crippen molar-refractivity contribution in [1.82, 2.24) is 19.6 Å². The van der Waals surface area contributed by atoms with Gasteiger partial charge in [0.2, 0.25) is 0 Å². The Bertz CT molecular complexity index is 2650. The number of amides is 1. The van der Waals surface area contributed by atoms with Crippen LogP contribution < -0.4 is 19.7 Å². The molecular formula is C45H52ClN7O8S2. The lowest BCUT2D eigenvalue weighted by Crippen LogP contribution is -2.47. The molecule has 334 valence electrons. The number of hydrogen-bond donors (Lipinski definition) is 5. The lowest BCUT2D eigenvalue weighted by atomic mass is 9.72. The van der Waals surface area contributed by atoms with Crippen LogP contribution in [-0.4, -0.2) is 94.0 Å². The van der Waals surface area contributed by atoms with E-state index in [0.717, 1.165) is 61.1 Å². The molecule has 0 bridgehead atoms. The first-order chi connectivity index (χ1) is 30.0. The van der Waals surface area contributed by atoms with E-state index in [0.29, 0.717) is 43.9 Å². The molecule has 2 fully saturated rings. The van der Waals surface area contributed by atoms with Crippen LogP contribution in [0, 0.1) is 21.4 Å². The number of ether oxygens (including phenoxy) is 1. The monoisotopic (exact) mass is 917 g/mol. The number of rotatable bonds is 13. The Labute approximate surface area is 373 Å². The summed E-state index contributed by atoms with van der Waals surface area (Å²) in [7, 11) is -7.18. The highest BCUT2D eigenvalue weighted by Crippen LogP contribution is 2.46. The van der Waals surface area contributed by atoms with Gasteiger partial charge in [0, 0.05) is 85.2 Å². The van der Waals surface area contributed by atoms with Gasteiger partial charge in [0.15, 0.2) is 0 Å². The average Bonchev–Trinajstić information content (AvgIpc) is 3.72. The number of pyridine rings is 1. The van der Waals surface area contributed by atoms with Crippen molar-refractivity contribution < 1.29 is 32.0 Å². The minimum absolute atomic E-state index is 0.0612. The topological polar surface area (TPSA) is 203 Å². The number of nitro benzene ring substituents is 1. The molecule has 2 saturated heterocycles. The number of halogens is 1. The van der Waals surface area contributed by atoms with Gasteiger partial charge in [-0.05, 0) is 103 Å². The molecule has 5 aromatic rings. The molecular weight excluding hydrogens is 866 g/mol. The fraction of sp³-hybridized carbons (Fsp3) is 0.378. The van der Waals surface area contributed by atoms with Gasteiger partial charge in [0.25, 0.3) is 21.6 Å². The SMILES string of the molecule is CC1(C)CCC(CN2CCN(c3ccc(C(=O)NS(=O)(=O)c4ccc(NCC5CCS(O)(O)CC5)c([N+](=O)[O-])c4)c(Oc4cnc5[nH]ccc5c4)c3)CC2)=C(c2ccc(Cl)cc2)C1. The Kier molecular flexibility index (Phi) is 12.8. The molecule has 0 unspecified atom stereocenters. The minimum atomic E-state index is -4.60. The molecule has 0 saturated carbocycles. The summed E-state index contributed by atoms with van der Waals surface area (Å²) in [5.74, 6) is 0.0698. The second kappa shape index (κ2) is 18.1. The normalized spacial score (nSPS) is 18.8. The number of nitrogens with one attached hydrogen (secondary N) is 3. The zero-order valence-electron chi connectivity index (χ0n) is 35.2.